The van der Waals surface area contributed by atoms with E-state index < -0.39 is 0 Å². The van der Waals surface area contributed by atoms with Crippen molar-refractivity contribution in [1.82, 2.24) is 15.0 Å². The fourth-order valence-electron chi connectivity index (χ4n) is 3.13. The molecule has 0 saturated carbocycles. The second kappa shape index (κ2) is 6.86. The molecule has 136 valence electrons. The van der Waals surface area contributed by atoms with Gasteiger partial charge in [0.25, 0.3) is 0 Å². The Morgan fingerprint density at radius 2 is 1.68 bits per heavy atom. The van der Waals surface area contributed by atoms with Crippen LogP contribution in [0.3, 0.4) is 0 Å². The van der Waals surface area contributed by atoms with E-state index in [1.807, 2.05) is 36.4 Å². The highest BCUT2D eigenvalue weighted by Gasteiger charge is 2.09. The van der Waals surface area contributed by atoms with Gasteiger partial charge in [0.15, 0.2) is 0 Å². The minimum Gasteiger partial charge on any atom is -0.340 e. The molecule has 6 heteroatoms. The van der Waals surface area contributed by atoms with Crippen LogP contribution in [0.1, 0.15) is 5.56 Å². The first-order valence-electron chi connectivity index (χ1n) is 8.83. The van der Waals surface area contributed by atoms with Crippen molar-refractivity contribution in [3.8, 4) is 10.6 Å². The summed E-state index contributed by atoms with van der Waals surface area (Å²) in [6.07, 6.45) is 0. The van der Waals surface area contributed by atoms with Crippen molar-refractivity contribution >= 4 is 55.6 Å². The zero-order valence-electron chi connectivity index (χ0n) is 15.0. The maximum Gasteiger partial charge on any atom is 0.224 e. The minimum absolute atomic E-state index is 0.225. The van der Waals surface area contributed by atoms with Crippen LogP contribution in [0.4, 0.5) is 11.5 Å². The second-order valence-corrected chi connectivity index (χ2v) is 7.92. The summed E-state index contributed by atoms with van der Waals surface area (Å²) in [5.74, 6) is 0.693. The molecule has 0 aliphatic heterocycles. The molecule has 1 N–H and O–H groups in total. The third-order valence-electron chi connectivity index (χ3n) is 4.51. The molecule has 0 saturated heterocycles. The molecule has 0 spiro atoms. The quantitative estimate of drug-likeness (QED) is 0.345. The highest BCUT2D eigenvalue weighted by atomic mass is 35.5. The Morgan fingerprint density at radius 1 is 0.857 bits per heavy atom. The molecule has 0 amide bonds. The van der Waals surface area contributed by atoms with Crippen molar-refractivity contribution in [3.05, 3.63) is 77.6 Å². The van der Waals surface area contributed by atoms with E-state index in [2.05, 4.69) is 52.5 Å². The Balaban J connectivity index is 1.47. The van der Waals surface area contributed by atoms with E-state index in [4.69, 9.17) is 16.6 Å². The topological polar surface area (TPSA) is 50.7 Å². The van der Waals surface area contributed by atoms with Gasteiger partial charge < -0.3 is 5.32 Å². The number of para-hydroxylation sites is 1. The van der Waals surface area contributed by atoms with Crippen molar-refractivity contribution < 1.29 is 0 Å². The Labute approximate surface area is 170 Å². The van der Waals surface area contributed by atoms with Crippen LogP contribution in [0.15, 0.2) is 66.7 Å². The molecule has 28 heavy (non-hydrogen) atoms. The molecule has 0 radical (unpaired) electrons. The van der Waals surface area contributed by atoms with Crippen LogP contribution in [-0.2, 0) is 0 Å². The molecular formula is C22H15ClN4S. The van der Waals surface area contributed by atoms with Gasteiger partial charge in [-0.1, -0.05) is 18.2 Å². The molecule has 4 nitrogen and oxygen atoms in total. The number of anilines is 2. The van der Waals surface area contributed by atoms with E-state index in [9.17, 15) is 0 Å². The summed E-state index contributed by atoms with van der Waals surface area (Å²) in [5.41, 5.74) is 5.12. The monoisotopic (exact) mass is 402 g/mol. The van der Waals surface area contributed by atoms with Crippen LogP contribution in [0, 0.1) is 6.92 Å². The summed E-state index contributed by atoms with van der Waals surface area (Å²) in [6.45, 7) is 2.10. The van der Waals surface area contributed by atoms with E-state index in [0.29, 0.717) is 5.82 Å². The molecule has 2 aromatic heterocycles. The number of rotatable bonds is 3. The predicted octanol–water partition coefficient (Wildman–Crippen LogP) is 6.61. The first-order valence-corrected chi connectivity index (χ1v) is 10.0. The Kier molecular flexibility index (Phi) is 4.19. The fourth-order valence-corrected chi connectivity index (χ4v) is 4.38. The van der Waals surface area contributed by atoms with Crippen molar-refractivity contribution in [1.29, 1.82) is 0 Å². The lowest BCUT2D eigenvalue weighted by Crippen LogP contribution is -1.97. The van der Waals surface area contributed by atoms with Gasteiger partial charge >= 0.3 is 0 Å². The summed E-state index contributed by atoms with van der Waals surface area (Å²) >= 11 is 7.78. The van der Waals surface area contributed by atoms with Crippen LogP contribution in [0.2, 0.25) is 5.28 Å². The first-order chi connectivity index (χ1) is 13.7. The van der Waals surface area contributed by atoms with E-state index in [0.717, 1.165) is 32.7 Å². The number of aromatic nitrogens is 3. The first kappa shape index (κ1) is 17.1. The van der Waals surface area contributed by atoms with Gasteiger partial charge in [-0.2, -0.15) is 4.98 Å². The van der Waals surface area contributed by atoms with Crippen molar-refractivity contribution in [2.24, 2.45) is 0 Å². The molecule has 0 aliphatic rings. The van der Waals surface area contributed by atoms with Crippen molar-refractivity contribution in [2.75, 3.05) is 5.32 Å². The average Bonchev–Trinajstić information content (AvgIpc) is 3.11. The van der Waals surface area contributed by atoms with E-state index in [1.165, 1.54) is 10.3 Å². The standard InChI is InChI=1S/C22H15ClN4S/c1-13-6-11-18-19(12-13)28-21(25-18)14-7-9-15(10-8-14)24-20-16-4-2-3-5-17(16)26-22(23)27-20/h2-12H,1H3,(H,24,26,27). The van der Waals surface area contributed by atoms with Crippen molar-refractivity contribution in [3.63, 3.8) is 0 Å². The van der Waals surface area contributed by atoms with Crippen LogP contribution in [0.25, 0.3) is 31.7 Å². The second-order valence-electron chi connectivity index (χ2n) is 6.55. The van der Waals surface area contributed by atoms with Crippen LogP contribution < -0.4 is 5.32 Å². The summed E-state index contributed by atoms with van der Waals surface area (Å²) in [5, 5.41) is 5.52. The lowest BCUT2D eigenvalue weighted by molar-refractivity contribution is 1.22. The largest absolute Gasteiger partial charge is 0.340 e. The lowest BCUT2D eigenvalue weighted by atomic mass is 10.2. The number of nitrogens with one attached hydrogen (secondary N) is 1. The number of halogens is 1. The molecule has 5 rings (SSSR count). The Bertz CT molecular complexity index is 1310. The van der Waals surface area contributed by atoms with Gasteiger partial charge in [-0.05, 0) is 72.6 Å². The van der Waals surface area contributed by atoms with Gasteiger partial charge in [-0.3, -0.25) is 0 Å². The van der Waals surface area contributed by atoms with Gasteiger partial charge in [-0.25, -0.2) is 9.97 Å². The number of thiazole rings is 1. The van der Waals surface area contributed by atoms with Crippen LogP contribution in [-0.4, -0.2) is 15.0 Å². The number of aryl methyl sites for hydroxylation is 1. The highest BCUT2D eigenvalue weighted by Crippen LogP contribution is 2.32. The van der Waals surface area contributed by atoms with E-state index in [-0.39, 0.29) is 5.28 Å². The van der Waals surface area contributed by atoms with Gasteiger partial charge in [0.1, 0.15) is 10.8 Å². The smallest absolute Gasteiger partial charge is 0.224 e. The van der Waals surface area contributed by atoms with Crippen molar-refractivity contribution in [2.45, 2.75) is 6.92 Å². The van der Waals surface area contributed by atoms with E-state index in [1.54, 1.807) is 11.3 Å². The number of fused-ring (bicyclic) bond motifs is 2. The number of benzene rings is 3. The summed E-state index contributed by atoms with van der Waals surface area (Å²) in [4.78, 5) is 13.4. The van der Waals surface area contributed by atoms with Crippen LogP contribution in [0.5, 0.6) is 0 Å². The maximum absolute atomic E-state index is 6.08. The minimum atomic E-state index is 0.225. The Morgan fingerprint density at radius 3 is 2.54 bits per heavy atom. The van der Waals surface area contributed by atoms with E-state index >= 15 is 0 Å². The predicted molar refractivity (Wildman–Crippen MR) is 118 cm³/mol. The fraction of sp³-hybridized carbons (Fsp3) is 0.0455. The average molecular weight is 403 g/mol. The molecule has 3 aromatic carbocycles. The zero-order valence-corrected chi connectivity index (χ0v) is 16.6. The van der Waals surface area contributed by atoms with Gasteiger partial charge in [0.05, 0.1) is 15.7 Å². The molecule has 5 aromatic rings. The number of hydrogen-bond acceptors (Lipinski definition) is 5. The van der Waals surface area contributed by atoms with Gasteiger partial charge in [0.2, 0.25) is 5.28 Å². The molecule has 0 unspecified atom stereocenters. The maximum atomic E-state index is 6.08. The van der Waals surface area contributed by atoms with Crippen LogP contribution >= 0.6 is 22.9 Å². The number of nitrogens with zero attached hydrogens (tertiary/aromatic N) is 3. The summed E-state index contributed by atoms with van der Waals surface area (Å²) < 4.78 is 1.21. The third-order valence-corrected chi connectivity index (χ3v) is 5.75. The number of hydrogen-bond donors (Lipinski definition) is 1. The molecule has 0 bridgehead atoms. The zero-order chi connectivity index (χ0) is 19.1. The summed E-state index contributed by atoms with van der Waals surface area (Å²) in [7, 11) is 0. The summed E-state index contributed by atoms with van der Waals surface area (Å²) in [6, 6.07) is 22.3. The lowest BCUT2D eigenvalue weighted by Gasteiger charge is -2.09. The Hall–Kier alpha value is -3.02. The normalized spacial score (nSPS) is 11.2. The highest BCUT2D eigenvalue weighted by molar-refractivity contribution is 7.21. The third kappa shape index (κ3) is 3.19. The van der Waals surface area contributed by atoms with Gasteiger partial charge in [0, 0.05) is 16.6 Å². The van der Waals surface area contributed by atoms with Gasteiger partial charge in [-0.15, -0.1) is 11.3 Å². The molecular weight excluding hydrogens is 388 g/mol. The SMILES string of the molecule is Cc1ccc2nc(-c3ccc(Nc4nc(Cl)nc5ccccc45)cc3)sc2c1. The molecule has 0 aliphatic carbocycles. The molecule has 0 fully saturated rings. The molecule has 2 heterocycles. The molecule has 0 atom stereocenters.